The van der Waals surface area contributed by atoms with Gasteiger partial charge in [0.05, 0.1) is 43.5 Å². The van der Waals surface area contributed by atoms with Crippen LogP contribution >= 0.6 is 0 Å². The van der Waals surface area contributed by atoms with Gasteiger partial charge in [0, 0.05) is 12.2 Å². The topological polar surface area (TPSA) is 134 Å². The molecule has 0 aromatic carbocycles. The number of fused-ring (bicyclic) bond motifs is 1. The van der Waals surface area contributed by atoms with Gasteiger partial charge < -0.3 is 18.7 Å². The van der Waals surface area contributed by atoms with Gasteiger partial charge in [-0.1, -0.05) is 13.3 Å². The molecule has 4 aromatic rings. The Kier molecular flexibility index (Phi) is 7.09. The summed E-state index contributed by atoms with van der Waals surface area (Å²) in [6, 6.07) is 3.52. The van der Waals surface area contributed by atoms with Crippen LogP contribution in [0.3, 0.4) is 0 Å². The fourth-order valence-electron chi connectivity index (χ4n) is 4.35. The summed E-state index contributed by atoms with van der Waals surface area (Å²) >= 11 is 0. The molecular weight excluding hydrogens is 466 g/mol. The van der Waals surface area contributed by atoms with Crippen LogP contribution in [-0.4, -0.2) is 42.0 Å². The molecule has 0 aliphatic carbocycles. The Morgan fingerprint density at radius 1 is 1.17 bits per heavy atom. The van der Waals surface area contributed by atoms with E-state index in [4.69, 9.17) is 9.15 Å². The fraction of sp³-hybridized carbons (Fsp3) is 0.400. The van der Waals surface area contributed by atoms with Crippen molar-refractivity contribution in [3.63, 3.8) is 0 Å². The molecule has 0 radical (unpaired) electrons. The molecule has 4 heterocycles. The number of furan rings is 1. The highest BCUT2D eigenvalue weighted by Gasteiger charge is 2.25. The first-order valence-corrected chi connectivity index (χ1v) is 11.9. The molecule has 0 aliphatic heterocycles. The Morgan fingerprint density at radius 3 is 2.61 bits per heavy atom. The smallest absolute Gasteiger partial charge is 0.340 e. The SMILES string of the molecule is CCCCn1c(=O)n(CC(=O)c2[nH]c(C)c(C(=O)OCC)c2C)c(=O)c2c1ncn2Cc1ccco1. The Bertz CT molecular complexity index is 1530. The third kappa shape index (κ3) is 4.43. The minimum atomic E-state index is -0.619. The van der Waals surface area contributed by atoms with E-state index in [0.29, 0.717) is 30.0 Å². The van der Waals surface area contributed by atoms with Crippen LogP contribution in [0.15, 0.2) is 38.7 Å². The zero-order valence-electron chi connectivity index (χ0n) is 20.8. The molecule has 1 N–H and O–H groups in total. The first-order valence-electron chi connectivity index (χ1n) is 11.9. The number of ether oxygens (including phenoxy) is 1. The van der Waals surface area contributed by atoms with Gasteiger partial charge in [0.25, 0.3) is 5.56 Å². The molecule has 4 rings (SSSR count). The second-order valence-corrected chi connectivity index (χ2v) is 8.57. The second kappa shape index (κ2) is 10.2. The summed E-state index contributed by atoms with van der Waals surface area (Å²) in [6.45, 7) is 7.30. The van der Waals surface area contributed by atoms with Gasteiger partial charge in [-0.3, -0.25) is 18.7 Å². The molecule has 0 bridgehead atoms. The van der Waals surface area contributed by atoms with Crippen LogP contribution in [0.25, 0.3) is 11.2 Å². The number of hydrogen-bond acceptors (Lipinski definition) is 7. The van der Waals surface area contributed by atoms with Crippen molar-refractivity contribution in [2.24, 2.45) is 0 Å². The number of ketones is 1. The van der Waals surface area contributed by atoms with Crippen LogP contribution in [0.1, 0.15) is 64.6 Å². The lowest BCUT2D eigenvalue weighted by Gasteiger charge is -2.12. The summed E-state index contributed by atoms with van der Waals surface area (Å²) in [5.41, 5.74) is 0.585. The number of imidazole rings is 1. The van der Waals surface area contributed by atoms with Crippen molar-refractivity contribution in [3.05, 3.63) is 73.8 Å². The summed E-state index contributed by atoms with van der Waals surface area (Å²) < 4.78 is 14.5. The largest absolute Gasteiger partial charge is 0.467 e. The van der Waals surface area contributed by atoms with E-state index >= 15 is 0 Å². The lowest BCUT2D eigenvalue weighted by Crippen LogP contribution is -2.42. The first kappa shape index (κ1) is 25.0. The summed E-state index contributed by atoms with van der Waals surface area (Å²) in [5.74, 6) is -0.416. The summed E-state index contributed by atoms with van der Waals surface area (Å²) in [5, 5.41) is 0. The molecule has 0 saturated carbocycles. The Morgan fingerprint density at radius 2 is 1.94 bits per heavy atom. The van der Waals surface area contributed by atoms with Gasteiger partial charge in [0.15, 0.2) is 16.9 Å². The van der Waals surface area contributed by atoms with E-state index in [1.165, 1.54) is 17.2 Å². The average molecular weight is 496 g/mol. The third-order valence-corrected chi connectivity index (χ3v) is 6.12. The lowest BCUT2D eigenvalue weighted by atomic mass is 10.1. The molecule has 0 saturated heterocycles. The van der Waals surface area contributed by atoms with Crippen molar-refractivity contribution < 1.29 is 18.7 Å². The number of nitrogens with zero attached hydrogens (tertiary/aromatic N) is 4. The van der Waals surface area contributed by atoms with Crippen LogP contribution in [0, 0.1) is 13.8 Å². The van der Waals surface area contributed by atoms with Gasteiger partial charge in [0.1, 0.15) is 5.76 Å². The van der Waals surface area contributed by atoms with E-state index in [1.807, 2.05) is 6.92 Å². The highest BCUT2D eigenvalue weighted by molar-refractivity contribution is 6.01. The molecule has 0 fully saturated rings. The van der Waals surface area contributed by atoms with Crippen molar-refractivity contribution in [3.8, 4) is 0 Å². The highest BCUT2D eigenvalue weighted by atomic mass is 16.5. The number of hydrogen-bond donors (Lipinski definition) is 1. The summed E-state index contributed by atoms with van der Waals surface area (Å²) in [7, 11) is 0. The Labute approximate surface area is 206 Å². The van der Waals surface area contributed by atoms with Gasteiger partial charge >= 0.3 is 11.7 Å². The van der Waals surface area contributed by atoms with Crippen molar-refractivity contribution in [1.29, 1.82) is 0 Å². The zero-order valence-corrected chi connectivity index (χ0v) is 20.8. The van der Waals surface area contributed by atoms with E-state index in [9.17, 15) is 19.2 Å². The maximum absolute atomic E-state index is 13.5. The predicted molar refractivity (Wildman–Crippen MR) is 132 cm³/mol. The van der Waals surface area contributed by atoms with Gasteiger partial charge in [-0.25, -0.2) is 14.6 Å². The standard InChI is InChI=1S/C25H29N5O6/c1-5-7-10-29-22-21(28(14-26-22)12-17-9-8-11-36-17)23(32)30(25(29)34)13-18(31)20-15(3)19(16(4)27-20)24(33)35-6-2/h8-9,11,14,27H,5-7,10,12-13H2,1-4H3. The number of carbonyl (C=O) groups excluding carboxylic acids is 2. The molecule has 11 nitrogen and oxygen atoms in total. The molecule has 0 amide bonds. The van der Waals surface area contributed by atoms with Gasteiger partial charge in [-0.2, -0.15) is 0 Å². The number of esters is 1. The third-order valence-electron chi connectivity index (χ3n) is 6.12. The van der Waals surface area contributed by atoms with E-state index in [0.717, 1.165) is 11.0 Å². The second-order valence-electron chi connectivity index (χ2n) is 8.57. The van der Waals surface area contributed by atoms with Crippen molar-refractivity contribution in [2.45, 2.75) is 60.2 Å². The number of unbranched alkanes of at least 4 members (excludes halogenated alkanes) is 1. The molecule has 0 atom stereocenters. The molecule has 11 heteroatoms. The Hall–Kier alpha value is -4.15. The van der Waals surface area contributed by atoms with E-state index in [2.05, 4.69) is 9.97 Å². The monoisotopic (exact) mass is 495 g/mol. The lowest BCUT2D eigenvalue weighted by molar-refractivity contribution is 0.0525. The van der Waals surface area contributed by atoms with Crippen LogP contribution in [0.4, 0.5) is 0 Å². The maximum atomic E-state index is 13.5. The molecule has 190 valence electrons. The molecule has 0 unspecified atom stereocenters. The summed E-state index contributed by atoms with van der Waals surface area (Å²) in [6.07, 6.45) is 4.56. The van der Waals surface area contributed by atoms with Crippen LogP contribution < -0.4 is 11.2 Å². The number of carbonyl (C=O) groups is 2. The van der Waals surface area contributed by atoms with E-state index in [-0.39, 0.29) is 35.6 Å². The molecule has 0 spiro atoms. The Balaban J connectivity index is 1.80. The highest BCUT2D eigenvalue weighted by Crippen LogP contribution is 2.20. The van der Waals surface area contributed by atoms with Gasteiger partial charge in [0.2, 0.25) is 0 Å². The predicted octanol–water partition coefficient (Wildman–Crippen LogP) is 2.81. The fourth-order valence-corrected chi connectivity index (χ4v) is 4.35. The van der Waals surface area contributed by atoms with Crippen molar-refractivity contribution in [2.75, 3.05) is 6.61 Å². The number of rotatable bonds is 10. The number of aromatic nitrogens is 5. The van der Waals surface area contributed by atoms with Crippen molar-refractivity contribution in [1.82, 2.24) is 23.7 Å². The molecule has 36 heavy (non-hydrogen) atoms. The van der Waals surface area contributed by atoms with Crippen molar-refractivity contribution >= 4 is 22.9 Å². The number of H-pyrrole nitrogens is 1. The number of aromatic amines is 1. The summed E-state index contributed by atoms with van der Waals surface area (Å²) in [4.78, 5) is 59.8. The van der Waals surface area contributed by atoms with Gasteiger partial charge in [-0.15, -0.1) is 0 Å². The average Bonchev–Trinajstić information content (AvgIpc) is 3.57. The zero-order chi connectivity index (χ0) is 26.0. The number of nitrogens with one attached hydrogen (secondary N) is 1. The number of aryl methyl sites for hydroxylation is 2. The quantitative estimate of drug-likeness (QED) is 0.264. The van der Waals surface area contributed by atoms with Gasteiger partial charge in [-0.05, 0) is 44.9 Å². The first-order chi connectivity index (χ1) is 17.3. The molecule has 0 aliphatic rings. The van der Waals surface area contributed by atoms with Crippen LogP contribution in [-0.2, 0) is 24.4 Å². The molecule has 4 aromatic heterocycles. The van der Waals surface area contributed by atoms with Crippen LogP contribution in [0.5, 0.6) is 0 Å². The number of Topliss-reactive ketones (excluding diaryl/α,β-unsaturated/α-hetero) is 1. The minimum absolute atomic E-state index is 0.158. The van der Waals surface area contributed by atoms with Crippen LogP contribution in [0.2, 0.25) is 0 Å². The minimum Gasteiger partial charge on any atom is -0.467 e. The van der Waals surface area contributed by atoms with E-state index < -0.39 is 29.5 Å². The molecular formula is C25H29N5O6. The maximum Gasteiger partial charge on any atom is 0.340 e. The normalized spacial score (nSPS) is 11.3. The van der Waals surface area contributed by atoms with E-state index in [1.54, 1.807) is 37.5 Å².